The Labute approximate surface area is 241 Å². The fraction of sp³-hybridized carbons (Fsp3) is 0.435. The van der Waals surface area contributed by atoms with Gasteiger partial charge in [-0.05, 0) is 50.3 Å². The normalized spacial score (nSPS) is 13.9. The van der Waals surface area contributed by atoms with E-state index in [4.69, 9.17) is 31.9 Å². The van der Waals surface area contributed by atoms with Crippen molar-refractivity contribution in [1.82, 2.24) is 10.6 Å². The fourth-order valence-corrected chi connectivity index (χ4v) is 4.22. The first-order valence-electron chi connectivity index (χ1n) is 11.7. The Hall–Kier alpha value is -4.52. The third kappa shape index (κ3) is 9.54. The van der Waals surface area contributed by atoms with Crippen LogP contribution in [-0.4, -0.2) is 102 Å². The molecule has 13 N–H and O–H groups in total. The highest BCUT2D eigenvalue weighted by Crippen LogP contribution is 2.43. The molecule has 0 fully saturated rings. The number of nitrogens with one attached hydrogen (secondary N) is 2. The number of hydrogen-bond acceptors (Lipinski definition) is 13. The number of nitrogens with two attached hydrogens (primary N) is 2. The summed E-state index contributed by atoms with van der Waals surface area (Å²) >= 11 is 4.60. The summed E-state index contributed by atoms with van der Waals surface area (Å²) in [5.41, 5.74) is 7.78. The van der Waals surface area contributed by atoms with Crippen molar-refractivity contribution in [2.75, 3.05) is 13.1 Å². The molecule has 1 aromatic rings. The quantitative estimate of drug-likeness (QED) is 0.0475. The molecule has 0 amide bonds. The number of isothiocyanates is 1. The minimum Gasteiger partial charge on any atom is -0.507 e. The van der Waals surface area contributed by atoms with Crippen LogP contribution in [0.1, 0.15) is 36.8 Å². The summed E-state index contributed by atoms with van der Waals surface area (Å²) in [4.78, 5) is 72.0. The molecule has 0 aromatic heterocycles. The van der Waals surface area contributed by atoms with Crippen LogP contribution < -0.4 is 22.1 Å². The molecular weight excluding hydrogens is 586 g/mol. The maximum Gasteiger partial charge on any atom is 0.332 e. The van der Waals surface area contributed by atoms with Gasteiger partial charge in [0.25, 0.3) is 0 Å². The first-order chi connectivity index (χ1) is 19.4. The molecule has 230 valence electrons. The minimum absolute atomic E-state index is 0.128. The van der Waals surface area contributed by atoms with Crippen LogP contribution in [0.4, 0.5) is 5.69 Å². The van der Waals surface area contributed by atoms with E-state index in [0.717, 1.165) is 12.1 Å². The smallest absolute Gasteiger partial charge is 0.332 e. The molecule has 2 unspecified atom stereocenters. The summed E-state index contributed by atoms with van der Waals surface area (Å²) in [6, 6.07) is -1.96. The number of carboxylic acids is 6. The number of aliphatic carboxylic acids is 6. The van der Waals surface area contributed by atoms with Crippen LogP contribution in [-0.2, 0) is 39.8 Å². The van der Waals surface area contributed by atoms with E-state index in [1.54, 1.807) is 0 Å². The second-order valence-corrected chi connectivity index (χ2v) is 9.36. The largest absolute Gasteiger partial charge is 0.507 e. The van der Waals surface area contributed by atoms with Crippen molar-refractivity contribution >= 4 is 58.9 Å². The fourth-order valence-electron chi connectivity index (χ4n) is 4.11. The second-order valence-electron chi connectivity index (χ2n) is 9.17. The lowest BCUT2D eigenvalue weighted by molar-refractivity contribution is -0.153. The van der Waals surface area contributed by atoms with Gasteiger partial charge in [-0.15, -0.1) is 0 Å². The lowest BCUT2D eigenvalue weighted by Gasteiger charge is -2.34. The number of thiocarbonyl (C=S) groups is 1. The molecule has 0 aliphatic rings. The van der Waals surface area contributed by atoms with Gasteiger partial charge >= 0.3 is 35.8 Å². The van der Waals surface area contributed by atoms with E-state index < -0.39 is 103 Å². The minimum atomic E-state index is -2.07. The number of benzene rings is 1. The van der Waals surface area contributed by atoms with Gasteiger partial charge in [-0.3, -0.25) is 20.2 Å². The van der Waals surface area contributed by atoms with Crippen LogP contribution in [0.2, 0.25) is 0 Å². The molecule has 0 aliphatic carbocycles. The lowest BCUT2D eigenvalue weighted by atomic mass is 9.77. The summed E-state index contributed by atoms with van der Waals surface area (Å²) in [5.74, 6) is -10.7. The number of phenolic OH excluding ortho intramolecular Hbond substituents is 1. The Morgan fingerprint density at radius 1 is 0.762 bits per heavy atom. The monoisotopic (exact) mass is 615 g/mol. The topological polar surface area (TPSA) is 332 Å². The number of phenols is 1. The van der Waals surface area contributed by atoms with Crippen molar-refractivity contribution in [2.45, 2.75) is 48.8 Å². The molecule has 0 saturated heterocycles. The van der Waals surface area contributed by atoms with Gasteiger partial charge in [0.05, 0.1) is 34.8 Å². The highest BCUT2D eigenvalue weighted by molar-refractivity contribution is 7.78. The number of hydrogen-bond donors (Lipinski definition) is 11. The summed E-state index contributed by atoms with van der Waals surface area (Å²) in [7, 11) is 0. The number of aliphatic imine (C=N–C) groups is 1. The average molecular weight is 616 g/mol. The van der Waals surface area contributed by atoms with E-state index in [1.165, 1.54) is 0 Å². The maximum atomic E-state index is 11.7. The first kappa shape index (κ1) is 35.5. The number of carboxylic acid groups (broad SMARTS) is 6. The molecule has 1 aromatic carbocycles. The predicted molar refractivity (Wildman–Crippen MR) is 142 cm³/mol. The first-order valence-corrected chi connectivity index (χ1v) is 12.1. The van der Waals surface area contributed by atoms with Crippen molar-refractivity contribution in [3.63, 3.8) is 0 Å². The van der Waals surface area contributed by atoms with E-state index >= 15 is 0 Å². The van der Waals surface area contributed by atoms with Crippen molar-refractivity contribution < 1.29 is 64.5 Å². The molecule has 0 aliphatic heterocycles. The van der Waals surface area contributed by atoms with Crippen LogP contribution in [0.25, 0.3) is 0 Å². The maximum absolute atomic E-state index is 11.7. The van der Waals surface area contributed by atoms with Crippen molar-refractivity contribution in [1.29, 1.82) is 0 Å². The number of rotatable bonds is 19. The summed E-state index contributed by atoms with van der Waals surface area (Å²) in [6.45, 7) is -0.970. The van der Waals surface area contributed by atoms with Crippen molar-refractivity contribution in [3.8, 4) is 5.75 Å². The Morgan fingerprint density at radius 3 is 1.36 bits per heavy atom. The van der Waals surface area contributed by atoms with E-state index in [-0.39, 0.29) is 16.8 Å². The van der Waals surface area contributed by atoms with Crippen LogP contribution in [0.15, 0.2) is 17.1 Å². The Morgan fingerprint density at radius 2 is 1.10 bits per heavy atom. The molecule has 19 heteroatoms. The predicted octanol–water partition coefficient (Wildman–Crippen LogP) is -1.58. The molecular formula is C23H29N5O13S. The van der Waals surface area contributed by atoms with Gasteiger partial charge in [0.1, 0.15) is 5.75 Å². The molecule has 0 spiro atoms. The molecule has 0 radical (unpaired) electrons. The molecule has 0 heterocycles. The van der Waals surface area contributed by atoms with E-state index in [2.05, 4.69) is 27.8 Å². The summed E-state index contributed by atoms with van der Waals surface area (Å²) in [5, 5.41) is 73.1. The van der Waals surface area contributed by atoms with Gasteiger partial charge in [-0.1, -0.05) is 0 Å². The summed E-state index contributed by atoms with van der Waals surface area (Å²) < 4.78 is 0. The zero-order chi connectivity index (χ0) is 32.4. The number of carbonyl (C=O) groups is 6. The highest BCUT2D eigenvalue weighted by atomic mass is 32.1. The second kappa shape index (κ2) is 14.9. The number of aromatic hydroxyl groups is 1. The zero-order valence-corrected chi connectivity index (χ0v) is 22.5. The third-order valence-corrected chi connectivity index (χ3v) is 6.19. The van der Waals surface area contributed by atoms with E-state index in [0.29, 0.717) is 0 Å². The zero-order valence-electron chi connectivity index (χ0n) is 21.6. The van der Waals surface area contributed by atoms with Crippen LogP contribution >= 0.6 is 12.2 Å². The van der Waals surface area contributed by atoms with Gasteiger partial charge in [-0.25, -0.2) is 19.2 Å². The Balaban J connectivity index is 3.72. The van der Waals surface area contributed by atoms with Gasteiger partial charge in [-0.2, -0.15) is 4.99 Å². The van der Waals surface area contributed by atoms with Gasteiger partial charge in [0.2, 0.25) is 12.1 Å². The standard InChI is InChI=1S/C23H29N5O13S/c24-22(7-13(29)30,1-3-26-15(18(34)35)19(36)37)11-5-10(28-9-42)6-12(17(11)33)23(25,8-14(31)32)2-4-27-16(20(38)39)21(40)41/h5-6,15-16,26-27,33H,1-4,7-8,24-25H2,(H,29,30)(H,31,32)(H,34,35)(H,36,37)(H,38,39)(H,40,41). The molecule has 0 bridgehead atoms. The van der Waals surface area contributed by atoms with E-state index in [9.17, 15) is 44.1 Å². The van der Waals surface area contributed by atoms with Crippen LogP contribution in [0.5, 0.6) is 5.75 Å². The SMILES string of the molecule is NC(CCNC(C(=O)O)C(=O)O)(CC(=O)O)c1cc(N=C=S)cc(C(N)(CCNC(C(=O)O)C(=O)O)CC(=O)O)c1O. The Bertz CT molecular complexity index is 1190. The lowest BCUT2D eigenvalue weighted by Crippen LogP contribution is -2.48. The van der Waals surface area contributed by atoms with Gasteiger partial charge in [0, 0.05) is 11.1 Å². The van der Waals surface area contributed by atoms with Crippen LogP contribution in [0.3, 0.4) is 0 Å². The van der Waals surface area contributed by atoms with Gasteiger partial charge < -0.3 is 47.2 Å². The Kier molecular flexibility index (Phi) is 12.6. The molecule has 42 heavy (non-hydrogen) atoms. The van der Waals surface area contributed by atoms with E-state index in [1.807, 2.05) is 5.16 Å². The molecule has 1 rings (SSSR count). The number of nitrogens with zero attached hydrogens (tertiary/aromatic N) is 1. The molecule has 0 saturated carbocycles. The van der Waals surface area contributed by atoms with Crippen molar-refractivity contribution in [2.24, 2.45) is 16.5 Å². The third-order valence-electron chi connectivity index (χ3n) is 6.10. The van der Waals surface area contributed by atoms with Crippen molar-refractivity contribution in [3.05, 3.63) is 23.3 Å². The molecule has 2 atom stereocenters. The summed E-state index contributed by atoms with van der Waals surface area (Å²) in [6.07, 6.45) is -2.78. The average Bonchev–Trinajstić information content (AvgIpc) is 2.83. The molecule has 18 nitrogen and oxygen atoms in total. The van der Waals surface area contributed by atoms with Crippen LogP contribution in [0, 0.1) is 0 Å². The van der Waals surface area contributed by atoms with Gasteiger partial charge in [0.15, 0.2) is 0 Å². The highest BCUT2D eigenvalue weighted by Gasteiger charge is 2.40.